The molecule has 0 unspecified atom stereocenters. The Hall–Kier alpha value is -2.65. The Labute approximate surface area is 147 Å². The van der Waals surface area contributed by atoms with Gasteiger partial charge in [-0.05, 0) is 18.9 Å². The van der Waals surface area contributed by atoms with Gasteiger partial charge in [-0.2, -0.15) is 0 Å². The van der Waals surface area contributed by atoms with Gasteiger partial charge in [0.1, 0.15) is 9.71 Å². The molecule has 8 nitrogen and oxygen atoms in total. The number of hydrogen-bond donors (Lipinski definition) is 3. The number of thiophene rings is 1. The van der Waals surface area contributed by atoms with Crippen molar-refractivity contribution in [2.45, 2.75) is 18.9 Å². The fraction of sp³-hybridized carbons (Fsp3) is 0.312. The summed E-state index contributed by atoms with van der Waals surface area (Å²) in [5.74, 6) is -0.0332. The summed E-state index contributed by atoms with van der Waals surface area (Å²) in [7, 11) is 0. The molecule has 1 aliphatic rings. The fourth-order valence-corrected chi connectivity index (χ4v) is 3.95. The highest BCUT2D eigenvalue weighted by atomic mass is 32.1. The molecule has 0 saturated carbocycles. The lowest BCUT2D eigenvalue weighted by Crippen LogP contribution is -2.36. The quantitative estimate of drug-likeness (QED) is 0.647. The zero-order chi connectivity index (χ0) is 17.6. The van der Waals surface area contributed by atoms with Crippen LogP contribution < -0.4 is 16.4 Å². The molecule has 5 N–H and O–H groups in total. The number of fused-ring (bicyclic) bond motifs is 1. The van der Waals surface area contributed by atoms with Crippen LogP contribution in [0.2, 0.25) is 0 Å². The van der Waals surface area contributed by atoms with Gasteiger partial charge in [-0.25, -0.2) is 9.97 Å². The number of carbonyl (C=O) groups excluding carboxylic acids is 1. The van der Waals surface area contributed by atoms with Crippen LogP contribution in [0.4, 0.5) is 11.6 Å². The number of nitrogens with zero attached hydrogens (tertiary/aromatic N) is 3. The van der Waals surface area contributed by atoms with Gasteiger partial charge in [0, 0.05) is 18.7 Å². The van der Waals surface area contributed by atoms with Gasteiger partial charge >= 0.3 is 0 Å². The summed E-state index contributed by atoms with van der Waals surface area (Å²) in [6.45, 7) is 1.34. The maximum absolute atomic E-state index is 11.7. The van der Waals surface area contributed by atoms with Gasteiger partial charge in [0.25, 0.3) is 5.91 Å². The number of nitrogens with two attached hydrogens (primary N) is 2. The first-order chi connectivity index (χ1) is 12.0. The van der Waals surface area contributed by atoms with Gasteiger partial charge in [0.05, 0.1) is 35.4 Å². The molecule has 0 radical (unpaired) electrons. The number of aromatic nitrogens is 2. The van der Waals surface area contributed by atoms with Crippen molar-refractivity contribution in [1.82, 2.24) is 9.97 Å². The van der Waals surface area contributed by atoms with Crippen LogP contribution in [0.15, 0.2) is 23.0 Å². The third-order valence-corrected chi connectivity index (χ3v) is 5.46. The fourth-order valence-electron chi connectivity index (χ4n) is 3.01. The first kappa shape index (κ1) is 15.9. The van der Waals surface area contributed by atoms with E-state index >= 15 is 0 Å². The molecule has 0 aliphatic carbocycles. The highest BCUT2D eigenvalue weighted by molar-refractivity contribution is 7.21. The van der Waals surface area contributed by atoms with Crippen molar-refractivity contribution in [3.8, 4) is 11.3 Å². The van der Waals surface area contributed by atoms with Gasteiger partial charge in [-0.15, -0.1) is 11.3 Å². The average molecular weight is 359 g/mol. The summed E-state index contributed by atoms with van der Waals surface area (Å²) >= 11 is 1.16. The summed E-state index contributed by atoms with van der Waals surface area (Å²) in [6.07, 6.45) is 4.18. The molecule has 3 aromatic heterocycles. The Kier molecular flexibility index (Phi) is 3.81. The number of carbonyl (C=O) groups is 1. The second-order valence-electron chi connectivity index (χ2n) is 5.99. The van der Waals surface area contributed by atoms with Crippen LogP contribution in [0.25, 0.3) is 21.5 Å². The van der Waals surface area contributed by atoms with Crippen molar-refractivity contribution < 1.29 is 14.3 Å². The summed E-state index contributed by atoms with van der Waals surface area (Å²) in [5.41, 5.74) is 13.2. The van der Waals surface area contributed by atoms with Crippen molar-refractivity contribution in [2.75, 3.05) is 23.7 Å². The minimum Gasteiger partial charge on any atom is -0.472 e. The molecule has 9 heteroatoms. The number of aliphatic hydroxyl groups excluding tert-OH is 1. The molecule has 4 heterocycles. The molecule has 1 amide bonds. The number of primary amides is 1. The first-order valence-electron chi connectivity index (χ1n) is 7.90. The highest BCUT2D eigenvalue weighted by Gasteiger charge is 2.25. The maximum Gasteiger partial charge on any atom is 0.260 e. The second kappa shape index (κ2) is 6.01. The first-order valence-corrected chi connectivity index (χ1v) is 8.71. The number of nitrogen functional groups attached to an aromatic ring is 1. The number of anilines is 2. The number of piperidine rings is 1. The van der Waals surface area contributed by atoms with E-state index in [1.54, 1.807) is 18.6 Å². The van der Waals surface area contributed by atoms with Crippen molar-refractivity contribution in [2.24, 2.45) is 5.73 Å². The third kappa shape index (κ3) is 2.71. The van der Waals surface area contributed by atoms with E-state index in [-0.39, 0.29) is 11.0 Å². The van der Waals surface area contributed by atoms with E-state index < -0.39 is 5.91 Å². The van der Waals surface area contributed by atoms with E-state index in [0.29, 0.717) is 53.5 Å². The van der Waals surface area contributed by atoms with Crippen LogP contribution in [-0.2, 0) is 0 Å². The SMILES string of the molecule is NC(=O)c1sc2nc(N3CCC(O)CC3)nc(-c3ccoc3)c2c1N. The lowest BCUT2D eigenvalue weighted by molar-refractivity contribution is 0.100. The van der Waals surface area contributed by atoms with Gasteiger partial charge in [-0.1, -0.05) is 0 Å². The normalized spacial score (nSPS) is 15.8. The van der Waals surface area contributed by atoms with Gasteiger partial charge < -0.3 is 25.9 Å². The van der Waals surface area contributed by atoms with Crippen LogP contribution in [0.3, 0.4) is 0 Å². The molecule has 0 atom stereocenters. The monoisotopic (exact) mass is 359 g/mol. The number of amides is 1. The third-order valence-electron chi connectivity index (χ3n) is 4.34. The highest BCUT2D eigenvalue weighted by Crippen LogP contribution is 2.39. The Balaban J connectivity index is 1.90. The van der Waals surface area contributed by atoms with Gasteiger partial charge in [0.2, 0.25) is 5.95 Å². The lowest BCUT2D eigenvalue weighted by Gasteiger charge is -2.29. The van der Waals surface area contributed by atoms with E-state index in [2.05, 4.69) is 9.97 Å². The van der Waals surface area contributed by atoms with Crippen molar-refractivity contribution in [3.63, 3.8) is 0 Å². The molecule has 1 aliphatic heterocycles. The molecule has 0 bridgehead atoms. The predicted molar refractivity (Wildman–Crippen MR) is 95.5 cm³/mol. The van der Waals surface area contributed by atoms with Gasteiger partial charge in [0.15, 0.2) is 0 Å². The number of rotatable bonds is 3. The molecule has 3 aromatic rings. The molecular formula is C16H17N5O3S. The number of aliphatic hydroxyl groups is 1. The molecule has 0 spiro atoms. The van der Waals surface area contributed by atoms with E-state index in [0.717, 1.165) is 16.9 Å². The van der Waals surface area contributed by atoms with Crippen LogP contribution in [-0.4, -0.2) is 40.2 Å². The zero-order valence-corrected chi connectivity index (χ0v) is 14.1. The Bertz CT molecular complexity index is 929. The van der Waals surface area contributed by atoms with E-state index in [1.807, 2.05) is 4.90 Å². The lowest BCUT2D eigenvalue weighted by atomic mass is 10.1. The number of hydrogen-bond acceptors (Lipinski definition) is 8. The average Bonchev–Trinajstić information content (AvgIpc) is 3.23. The van der Waals surface area contributed by atoms with Gasteiger partial charge in [-0.3, -0.25) is 4.79 Å². The predicted octanol–water partition coefficient (Wildman–Crippen LogP) is 1.59. The topological polar surface area (TPSA) is 132 Å². The molecule has 25 heavy (non-hydrogen) atoms. The molecule has 0 aromatic carbocycles. The summed E-state index contributed by atoms with van der Waals surface area (Å²) < 4.78 is 5.18. The van der Waals surface area contributed by atoms with Crippen LogP contribution in [0.5, 0.6) is 0 Å². The largest absolute Gasteiger partial charge is 0.472 e. The van der Waals surface area contributed by atoms with Crippen LogP contribution in [0, 0.1) is 0 Å². The standard InChI is InChI=1S/C16H17N5O3S/c17-11-10-12(8-3-6-24-7-8)19-16(21-4-1-9(22)2-5-21)20-15(10)25-13(11)14(18)23/h3,6-7,9,22H,1-2,4-5,17H2,(H2,18,23). The second-order valence-corrected chi connectivity index (χ2v) is 6.99. The molecular weight excluding hydrogens is 342 g/mol. The molecule has 1 fully saturated rings. The van der Waals surface area contributed by atoms with Crippen LogP contribution >= 0.6 is 11.3 Å². The smallest absolute Gasteiger partial charge is 0.260 e. The minimum absolute atomic E-state index is 0.278. The zero-order valence-electron chi connectivity index (χ0n) is 13.3. The Morgan fingerprint density at radius 3 is 2.76 bits per heavy atom. The van der Waals surface area contributed by atoms with E-state index in [9.17, 15) is 9.90 Å². The minimum atomic E-state index is -0.582. The Morgan fingerprint density at radius 1 is 1.36 bits per heavy atom. The van der Waals surface area contributed by atoms with E-state index in [1.165, 1.54) is 0 Å². The maximum atomic E-state index is 11.7. The van der Waals surface area contributed by atoms with Crippen molar-refractivity contribution in [3.05, 3.63) is 23.5 Å². The Morgan fingerprint density at radius 2 is 2.12 bits per heavy atom. The van der Waals surface area contributed by atoms with Crippen molar-refractivity contribution in [1.29, 1.82) is 0 Å². The number of furan rings is 1. The molecule has 4 rings (SSSR count). The summed E-state index contributed by atoms with van der Waals surface area (Å²) in [5, 5.41) is 10.3. The molecule has 1 saturated heterocycles. The summed E-state index contributed by atoms with van der Waals surface area (Å²) in [6, 6.07) is 1.78. The summed E-state index contributed by atoms with van der Waals surface area (Å²) in [4.78, 5) is 23.8. The molecule has 130 valence electrons. The van der Waals surface area contributed by atoms with Crippen molar-refractivity contribution >= 4 is 39.1 Å². The van der Waals surface area contributed by atoms with Crippen LogP contribution in [0.1, 0.15) is 22.5 Å². The van der Waals surface area contributed by atoms with E-state index in [4.69, 9.17) is 15.9 Å².